The quantitative estimate of drug-likeness (QED) is 0.0525. The molecular weight excluding hydrogens is 887 g/mol. The Kier molecular flexibility index (Phi) is 12.3. The Morgan fingerprint density at radius 3 is 1.23 bits per heavy atom. The Hall–Kier alpha value is -2.83. The van der Waals surface area contributed by atoms with E-state index < -0.39 is 101 Å². The number of phosphoric ester groups is 2. The van der Waals surface area contributed by atoms with E-state index in [9.17, 15) is 67.7 Å². The van der Waals surface area contributed by atoms with Crippen molar-refractivity contribution in [3.05, 3.63) is 25.3 Å². The minimum atomic E-state index is -6.45. The van der Waals surface area contributed by atoms with Crippen molar-refractivity contribution in [3.63, 3.8) is 0 Å². The molecule has 4 aromatic heterocycles. The first-order chi connectivity index (χ1) is 26.4. The highest BCUT2D eigenvalue weighted by molar-refractivity contribution is 7.71. The summed E-state index contributed by atoms with van der Waals surface area (Å²) < 4.78 is 98.9. The fraction of sp³-hybridized carbons (Fsp3) is 0.500. The summed E-state index contributed by atoms with van der Waals surface area (Å²) in [6.07, 6.45) is -9.04. The zero-order valence-electron chi connectivity index (χ0n) is 27.6. The van der Waals surface area contributed by atoms with Crippen molar-refractivity contribution in [3.8, 4) is 0 Å². The van der Waals surface area contributed by atoms with Crippen LogP contribution in [0.3, 0.4) is 0 Å². The van der Waals surface area contributed by atoms with Crippen LogP contribution in [0.1, 0.15) is 12.5 Å². The van der Waals surface area contributed by atoms with E-state index in [1.165, 1.54) is 0 Å². The SMILES string of the molecule is Nc1ncnc2c1ncn2[C@@H]1O[C@H](COP(=O)(O)OP(=O)(O)OP(=O)(O)OP(=O)(O)OP(=O)(O)OC[C@H]2O[C@@H](n3cnc4c(N)ncnc43)[C@@H](O)[C@H]2O)[C@@H](O)[C@H]1O. The van der Waals surface area contributed by atoms with E-state index in [4.69, 9.17) is 20.9 Å². The molecule has 5 unspecified atom stereocenters. The van der Waals surface area contributed by atoms with Gasteiger partial charge in [0.15, 0.2) is 35.4 Å². The van der Waals surface area contributed by atoms with Crippen LogP contribution in [0.4, 0.5) is 11.6 Å². The van der Waals surface area contributed by atoms with Crippen LogP contribution >= 0.6 is 39.1 Å². The summed E-state index contributed by atoms with van der Waals surface area (Å²) in [5.41, 5.74) is 11.7. The van der Waals surface area contributed by atoms with E-state index in [1.54, 1.807) is 0 Å². The first-order valence-electron chi connectivity index (χ1n) is 15.1. The number of hydrogen-bond donors (Lipinski definition) is 11. The number of fused-ring (bicyclic) bond motifs is 2. The number of imidazole rings is 2. The zero-order chi connectivity index (χ0) is 41.9. The van der Waals surface area contributed by atoms with Crippen molar-refractivity contribution in [1.82, 2.24) is 39.0 Å². The minimum absolute atomic E-state index is 0.0385. The average Bonchev–Trinajstić information content (AvgIpc) is 3.83. The van der Waals surface area contributed by atoms with Gasteiger partial charge < -0.3 is 65.8 Å². The maximum Gasteiger partial charge on any atom is 0.490 e. The number of nitrogens with two attached hydrogens (primary N) is 2. The van der Waals surface area contributed by atoms with Crippen LogP contribution in [0.25, 0.3) is 22.3 Å². The zero-order valence-corrected chi connectivity index (χ0v) is 32.1. The predicted octanol–water partition coefficient (Wildman–Crippen LogP) is -2.33. The molecule has 0 aliphatic carbocycles. The van der Waals surface area contributed by atoms with Crippen molar-refractivity contribution in [2.75, 3.05) is 24.7 Å². The van der Waals surface area contributed by atoms with Gasteiger partial charge in [0.2, 0.25) is 0 Å². The number of phosphoric acid groups is 5. The Morgan fingerprint density at radius 1 is 0.544 bits per heavy atom. The molecule has 2 aliphatic rings. The maximum absolute atomic E-state index is 12.4. The fourth-order valence-corrected chi connectivity index (χ4v) is 11.6. The lowest BCUT2D eigenvalue weighted by atomic mass is 10.1. The van der Waals surface area contributed by atoms with E-state index in [-0.39, 0.29) is 34.0 Å². The summed E-state index contributed by atoms with van der Waals surface area (Å²) in [6, 6.07) is 0. The molecule has 2 saturated heterocycles. The molecule has 2 aliphatic heterocycles. The summed E-state index contributed by atoms with van der Waals surface area (Å²) >= 11 is 0. The molecule has 4 aromatic rings. The molecule has 0 saturated carbocycles. The van der Waals surface area contributed by atoms with Crippen molar-refractivity contribution in [2.24, 2.45) is 0 Å². The molecule has 0 spiro atoms. The van der Waals surface area contributed by atoms with Gasteiger partial charge in [-0.05, 0) is 0 Å². The highest BCUT2D eigenvalue weighted by atomic mass is 31.3. The molecule has 0 aromatic carbocycles. The van der Waals surface area contributed by atoms with Crippen LogP contribution in [0.5, 0.6) is 0 Å². The topological polar surface area (TPSA) is 481 Å². The second-order valence-corrected chi connectivity index (χ2v) is 19.3. The second kappa shape index (κ2) is 16.0. The lowest BCUT2D eigenvalue weighted by molar-refractivity contribution is -0.0503. The molecule has 0 bridgehead atoms. The third-order valence-corrected chi connectivity index (χ3v) is 15.2. The first-order valence-corrected chi connectivity index (χ1v) is 22.5. The molecule has 2 fully saturated rings. The van der Waals surface area contributed by atoms with Crippen LogP contribution in [0.2, 0.25) is 0 Å². The van der Waals surface area contributed by atoms with Crippen LogP contribution < -0.4 is 11.5 Å². The van der Waals surface area contributed by atoms with Crippen LogP contribution in [0.15, 0.2) is 25.3 Å². The van der Waals surface area contributed by atoms with Gasteiger partial charge in [-0.25, -0.2) is 52.7 Å². The normalized spacial score (nSPS) is 30.8. The number of nitrogens with zero attached hydrogens (tertiary/aromatic N) is 8. The highest BCUT2D eigenvalue weighted by Gasteiger charge is 2.51. The number of aliphatic hydroxyl groups is 4. The van der Waals surface area contributed by atoms with Gasteiger partial charge in [0.05, 0.1) is 25.9 Å². The molecule has 0 amide bonds. The molecular formula is C20H29N10O22P5. The molecule has 6 heterocycles. The van der Waals surface area contributed by atoms with Gasteiger partial charge in [0.1, 0.15) is 60.3 Å². The summed E-state index contributed by atoms with van der Waals surface area (Å²) in [6.45, 7) is -2.34. The van der Waals surface area contributed by atoms with Gasteiger partial charge >= 0.3 is 39.1 Å². The lowest BCUT2D eigenvalue weighted by Gasteiger charge is -2.21. The minimum Gasteiger partial charge on any atom is -0.387 e. The summed E-state index contributed by atoms with van der Waals surface area (Å²) in [7, 11) is -30.8. The molecule has 32 nitrogen and oxygen atoms in total. The van der Waals surface area contributed by atoms with Crippen molar-refractivity contribution in [1.29, 1.82) is 0 Å². The number of aromatic nitrogens is 8. The monoisotopic (exact) mass is 916 g/mol. The number of hydrogen-bond acceptors (Lipinski definition) is 25. The molecule has 13 atom stereocenters. The fourth-order valence-electron chi connectivity index (χ4n) is 5.25. The molecule has 37 heteroatoms. The Balaban J connectivity index is 1.00. The molecule has 316 valence electrons. The Morgan fingerprint density at radius 2 is 0.877 bits per heavy atom. The molecule has 6 rings (SSSR count). The smallest absolute Gasteiger partial charge is 0.387 e. The van der Waals surface area contributed by atoms with Crippen LogP contribution in [-0.4, -0.2) is 134 Å². The van der Waals surface area contributed by atoms with Gasteiger partial charge in [-0.3, -0.25) is 18.2 Å². The average molecular weight is 916 g/mol. The third-order valence-electron chi connectivity index (χ3n) is 7.63. The Bertz CT molecular complexity index is 2230. The number of rotatable bonds is 16. The van der Waals surface area contributed by atoms with Gasteiger partial charge in [0.25, 0.3) is 0 Å². The number of anilines is 2. The van der Waals surface area contributed by atoms with E-state index >= 15 is 0 Å². The van der Waals surface area contributed by atoms with Crippen LogP contribution in [0, 0.1) is 0 Å². The van der Waals surface area contributed by atoms with Crippen molar-refractivity contribution >= 4 is 73.1 Å². The van der Waals surface area contributed by atoms with Crippen LogP contribution in [-0.2, 0) is 58.6 Å². The van der Waals surface area contributed by atoms with Crippen molar-refractivity contribution in [2.45, 2.75) is 49.1 Å². The standard InChI is InChI=1S/C20H29N10O22P5/c21-15-9-17(25-3-23-15)29(5-27-9)19-13(33)11(31)7(47-19)1-45-53(35,36)49-55(39,40)51-57(43,44)52-56(41,42)50-54(37,38)46-2-8-12(32)14(34)20(48-8)30-6-28-10-16(22)24-4-26-18(10)30/h3-8,11-14,19-20,31-34H,1-2H2,(H,35,36)(H,37,38)(H,39,40)(H,41,42)(H,43,44)(H2,21,23,25)(H2,22,24,26)/t7-,8-,11-,12+,13-,14+,19-,20-/m1/s1. The van der Waals surface area contributed by atoms with Gasteiger partial charge in [-0.1, -0.05) is 0 Å². The van der Waals surface area contributed by atoms with Crippen molar-refractivity contribution < 1.29 is 103 Å². The number of aliphatic hydroxyl groups excluding tert-OH is 4. The highest BCUT2D eigenvalue weighted by Crippen LogP contribution is 2.73. The number of ether oxygens (including phenoxy) is 2. The largest absolute Gasteiger partial charge is 0.490 e. The third kappa shape index (κ3) is 9.80. The lowest BCUT2D eigenvalue weighted by Crippen LogP contribution is -2.33. The van der Waals surface area contributed by atoms with E-state index in [0.717, 1.165) is 34.4 Å². The number of nitrogen functional groups attached to an aromatic ring is 2. The predicted molar refractivity (Wildman–Crippen MR) is 177 cm³/mol. The first kappa shape index (κ1) is 43.7. The van der Waals surface area contributed by atoms with E-state index in [0.29, 0.717) is 0 Å². The molecule has 57 heavy (non-hydrogen) atoms. The van der Waals surface area contributed by atoms with E-state index in [2.05, 4.69) is 56.2 Å². The van der Waals surface area contributed by atoms with E-state index in [1.807, 2.05) is 0 Å². The summed E-state index contributed by atoms with van der Waals surface area (Å²) in [5.74, 6) is -0.0770. The molecule has 0 radical (unpaired) electrons. The Labute approximate surface area is 314 Å². The van der Waals surface area contributed by atoms with Gasteiger partial charge in [-0.2, -0.15) is 17.2 Å². The summed E-state index contributed by atoms with van der Waals surface area (Å²) in [4.78, 5) is 72.6. The summed E-state index contributed by atoms with van der Waals surface area (Å²) in [5, 5.41) is 41.8. The van der Waals surface area contributed by atoms with Gasteiger partial charge in [-0.15, -0.1) is 0 Å². The second-order valence-electron chi connectivity index (χ2n) is 11.5. The van der Waals surface area contributed by atoms with Gasteiger partial charge in [0, 0.05) is 0 Å². The maximum atomic E-state index is 12.4. The molecule has 13 N–H and O–H groups in total.